The minimum atomic E-state index is -1.52. The SMILES string of the molecule is CCC(C(=O)O)C(C)(O)c1ccc(OC)cc1OC. The Kier molecular flexibility index (Phi) is 4.78. The molecule has 0 saturated carbocycles. The maximum atomic E-state index is 11.2. The molecule has 0 heterocycles. The molecule has 1 aromatic carbocycles. The molecule has 5 nitrogen and oxygen atoms in total. The number of hydrogen-bond donors (Lipinski definition) is 2. The van der Waals surface area contributed by atoms with Crippen LogP contribution in [0.2, 0.25) is 0 Å². The molecule has 0 saturated heterocycles. The Morgan fingerprint density at radius 2 is 2.00 bits per heavy atom. The predicted molar refractivity (Wildman–Crippen MR) is 70.5 cm³/mol. The van der Waals surface area contributed by atoms with Crippen molar-refractivity contribution in [2.24, 2.45) is 5.92 Å². The first-order valence-electron chi connectivity index (χ1n) is 6.06. The molecule has 0 aliphatic heterocycles. The van der Waals surface area contributed by atoms with Gasteiger partial charge >= 0.3 is 5.97 Å². The van der Waals surface area contributed by atoms with E-state index in [2.05, 4.69) is 0 Å². The van der Waals surface area contributed by atoms with Gasteiger partial charge in [-0.3, -0.25) is 4.79 Å². The van der Waals surface area contributed by atoms with Crippen LogP contribution in [0.25, 0.3) is 0 Å². The van der Waals surface area contributed by atoms with Crippen LogP contribution in [-0.2, 0) is 10.4 Å². The molecule has 2 atom stereocenters. The average molecular weight is 268 g/mol. The zero-order chi connectivity index (χ0) is 14.6. The molecule has 19 heavy (non-hydrogen) atoms. The van der Waals surface area contributed by atoms with Gasteiger partial charge in [0.15, 0.2) is 0 Å². The van der Waals surface area contributed by atoms with Crippen molar-refractivity contribution < 1.29 is 24.5 Å². The summed E-state index contributed by atoms with van der Waals surface area (Å²) in [5.74, 6) is -0.955. The first-order valence-corrected chi connectivity index (χ1v) is 6.06. The molecule has 1 aromatic rings. The molecule has 0 aromatic heterocycles. The molecular formula is C14H20O5. The van der Waals surface area contributed by atoms with Crippen LogP contribution in [0, 0.1) is 5.92 Å². The highest BCUT2D eigenvalue weighted by molar-refractivity contribution is 5.72. The number of hydrogen-bond acceptors (Lipinski definition) is 4. The lowest BCUT2D eigenvalue weighted by Gasteiger charge is -2.31. The van der Waals surface area contributed by atoms with Gasteiger partial charge in [-0.1, -0.05) is 6.92 Å². The summed E-state index contributed by atoms with van der Waals surface area (Å²) in [6.07, 6.45) is 0.317. The molecule has 0 amide bonds. The number of benzene rings is 1. The highest BCUT2D eigenvalue weighted by atomic mass is 16.5. The summed E-state index contributed by atoms with van der Waals surface area (Å²) in [6, 6.07) is 4.92. The van der Waals surface area contributed by atoms with Crippen LogP contribution >= 0.6 is 0 Å². The molecule has 0 fully saturated rings. The lowest BCUT2D eigenvalue weighted by Crippen LogP contribution is -2.37. The zero-order valence-corrected chi connectivity index (χ0v) is 11.6. The van der Waals surface area contributed by atoms with Crippen molar-refractivity contribution in [2.75, 3.05) is 14.2 Å². The fraction of sp³-hybridized carbons (Fsp3) is 0.500. The summed E-state index contributed by atoms with van der Waals surface area (Å²) in [6.45, 7) is 3.21. The molecule has 5 heteroatoms. The van der Waals surface area contributed by atoms with Crippen LogP contribution in [0.3, 0.4) is 0 Å². The van der Waals surface area contributed by atoms with E-state index in [1.54, 1.807) is 25.1 Å². The quantitative estimate of drug-likeness (QED) is 0.825. The van der Waals surface area contributed by atoms with Crippen molar-refractivity contribution in [1.82, 2.24) is 0 Å². The Labute approximate surface area is 112 Å². The van der Waals surface area contributed by atoms with E-state index in [0.29, 0.717) is 23.5 Å². The van der Waals surface area contributed by atoms with E-state index in [1.807, 2.05) is 0 Å². The summed E-state index contributed by atoms with van der Waals surface area (Å²) in [5.41, 5.74) is -1.08. The van der Waals surface area contributed by atoms with Crippen molar-refractivity contribution in [3.8, 4) is 11.5 Å². The molecule has 2 unspecified atom stereocenters. The van der Waals surface area contributed by atoms with Crippen molar-refractivity contribution >= 4 is 5.97 Å². The number of carbonyl (C=O) groups is 1. The largest absolute Gasteiger partial charge is 0.497 e. The Hall–Kier alpha value is -1.75. The molecule has 0 spiro atoms. The molecule has 106 valence electrons. The topological polar surface area (TPSA) is 76.0 Å². The van der Waals surface area contributed by atoms with Gasteiger partial charge in [0.05, 0.1) is 20.1 Å². The van der Waals surface area contributed by atoms with Gasteiger partial charge in [-0.25, -0.2) is 0 Å². The van der Waals surface area contributed by atoms with Gasteiger partial charge in [0, 0.05) is 11.6 Å². The summed E-state index contributed by atoms with van der Waals surface area (Å²) in [4.78, 5) is 11.2. The van der Waals surface area contributed by atoms with Gasteiger partial charge in [0.25, 0.3) is 0 Å². The molecule has 0 aliphatic rings. The smallest absolute Gasteiger partial charge is 0.309 e. The van der Waals surface area contributed by atoms with Gasteiger partial charge in [-0.05, 0) is 25.5 Å². The van der Waals surface area contributed by atoms with E-state index in [1.165, 1.54) is 21.1 Å². The van der Waals surface area contributed by atoms with E-state index in [0.717, 1.165) is 0 Å². The molecule has 0 aliphatic carbocycles. The van der Waals surface area contributed by atoms with Gasteiger partial charge < -0.3 is 19.7 Å². The summed E-state index contributed by atoms with van der Waals surface area (Å²) >= 11 is 0. The second kappa shape index (κ2) is 5.93. The molecular weight excluding hydrogens is 248 g/mol. The standard InChI is InChI=1S/C14H20O5/c1-5-10(13(15)16)14(2,17)11-7-6-9(18-3)8-12(11)19-4/h6-8,10,17H,5H2,1-4H3,(H,15,16). The van der Waals surface area contributed by atoms with E-state index in [-0.39, 0.29) is 0 Å². The maximum absolute atomic E-state index is 11.2. The van der Waals surface area contributed by atoms with Gasteiger partial charge in [-0.15, -0.1) is 0 Å². The van der Waals surface area contributed by atoms with E-state index in [9.17, 15) is 15.0 Å². The fourth-order valence-electron chi connectivity index (χ4n) is 2.22. The van der Waals surface area contributed by atoms with Crippen molar-refractivity contribution in [1.29, 1.82) is 0 Å². The monoisotopic (exact) mass is 268 g/mol. The van der Waals surface area contributed by atoms with Crippen molar-refractivity contribution in [3.63, 3.8) is 0 Å². The van der Waals surface area contributed by atoms with Crippen LogP contribution in [0.4, 0.5) is 0 Å². The maximum Gasteiger partial charge on any atom is 0.309 e. The number of ether oxygens (including phenoxy) is 2. The Balaban J connectivity index is 3.30. The van der Waals surface area contributed by atoms with Gasteiger partial charge in [0.2, 0.25) is 0 Å². The zero-order valence-electron chi connectivity index (χ0n) is 11.6. The summed E-state index contributed by atoms with van der Waals surface area (Å²) in [7, 11) is 2.99. The molecule has 2 N–H and O–H groups in total. The number of carboxylic acid groups (broad SMARTS) is 1. The van der Waals surface area contributed by atoms with Crippen LogP contribution in [0.15, 0.2) is 18.2 Å². The van der Waals surface area contributed by atoms with Crippen molar-refractivity contribution in [3.05, 3.63) is 23.8 Å². The van der Waals surface area contributed by atoms with Crippen molar-refractivity contribution in [2.45, 2.75) is 25.9 Å². The third kappa shape index (κ3) is 2.98. The first kappa shape index (κ1) is 15.3. The summed E-state index contributed by atoms with van der Waals surface area (Å²) < 4.78 is 10.3. The second-order valence-electron chi connectivity index (χ2n) is 4.51. The van der Waals surface area contributed by atoms with Crippen LogP contribution in [-0.4, -0.2) is 30.4 Å². The lowest BCUT2D eigenvalue weighted by atomic mass is 9.81. The number of aliphatic hydroxyl groups is 1. The second-order valence-corrected chi connectivity index (χ2v) is 4.51. The normalized spacial score (nSPS) is 15.4. The molecule has 0 bridgehead atoms. The van der Waals surface area contributed by atoms with Crippen LogP contribution in [0.1, 0.15) is 25.8 Å². The Bertz CT molecular complexity index is 453. The van der Waals surface area contributed by atoms with Crippen LogP contribution in [0.5, 0.6) is 11.5 Å². The highest BCUT2D eigenvalue weighted by Gasteiger charge is 2.39. The molecule has 0 radical (unpaired) electrons. The highest BCUT2D eigenvalue weighted by Crippen LogP contribution is 2.38. The first-order chi connectivity index (χ1) is 8.88. The third-order valence-electron chi connectivity index (χ3n) is 3.34. The fourth-order valence-corrected chi connectivity index (χ4v) is 2.22. The van der Waals surface area contributed by atoms with Gasteiger partial charge in [0.1, 0.15) is 17.1 Å². The number of methoxy groups -OCH3 is 2. The van der Waals surface area contributed by atoms with E-state index < -0.39 is 17.5 Å². The minimum Gasteiger partial charge on any atom is -0.497 e. The van der Waals surface area contributed by atoms with E-state index in [4.69, 9.17) is 9.47 Å². The predicted octanol–water partition coefficient (Wildman–Crippen LogP) is 2.02. The minimum absolute atomic E-state index is 0.317. The van der Waals surface area contributed by atoms with Gasteiger partial charge in [-0.2, -0.15) is 0 Å². The lowest BCUT2D eigenvalue weighted by molar-refractivity contribution is -0.152. The number of rotatable bonds is 6. The Morgan fingerprint density at radius 3 is 2.42 bits per heavy atom. The average Bonchev–Trinajstić information content (AvgIpc) is 2.37. The Morgan fingerprint density at radius 1 is 1.37 bits per heavy atom. The third-order valence-corrected chi connectivity index (χ3v) is 3.34. The number of aliphatic carboxylic acids is 1. The van der Waals surface area contributed by atoms with E-state index >= 15 is 0 Å². The molecule has 1 rings (SSSR count). The number of carboxylic acids is 1. The van der Waals surface area contributed by atoms with Crippen LogP contribution < -0.4 is 9.47 Å². The summed E-state index contributed by atoms with van der Waals surface area (Å²) in [5, 5.41) is 19.8.